The average molecular weight is 457 g/mol. The summed E-state index contributed by atoms with van der Waals surface area (Å²) in [5, 5.41) is 8.49. The van der Waals surface area contributed by atoms with E-state index in [9.17, 15) is 9.59 Å². The Morgan fingerprint density at radius 3 is 2.03 bits per heavy atom. The lowest BCUT2D eigenvalue weighted by Gasteiger charge is -2.19. The van der Waals surface area contributed by atoms with Gasteiger partial charge in [0.2, 0.25) is 5.91 Å². The number of nitrogens with one attached hydrogen (secondary N) is 3. The molecule has 0 saturated carbocycles. The Morgan fingerprint density at radius 2 is 1.38 bits per heavy atom. The summed E-state index contributed by atoms with van der Waals surface area (Å²) in [4.78, 5) is 25.4. The van der Waals surface area contributed by atoms with Crippen LogP contribution in [0.25, 0.3) is 12.2 Å². The third kappa shape index (κ3) is 8.22. The Kier molecular flexibility index (Phi) is 9.43. The Hall–Kier alpha value is -3.90. The second kappa shape index (κ2) is 13.0. The lowest BCUT2D eigenvalue weighted by atomic mass is 10.1. The number of urea groups is 1. The monoisotopic (exact) mass is 456 g/mol. The Labute approximate surface area is 201 Å². The van der Waals surface area contributed by atoms with Crippen LogP contribution >= 0.6 is 0 Å². The first-order chi connectivity index (χ1) is 16.5. The minimum absolute atomic E-state index is 0.252. The molecule has 0 aliphatic heterocycles. The summed E-state index contributed by atoms with van der Waals surface area (Å²) in [5.41, 5.74) is 10.2. The molecule has 6 nitrogen and oxygen atoms in total. The minimum Gasteiger partial charge on any atom is -0.330 e. The molecule has 0 radical (unpaired) electrons. The highest BCUT2D eigenvalue weighted by molar-refractivity contribution is 5.99. The summed E-state index contributed by atoms with van der Waals surface area (Å²) < 4.78 is 0. The van der Waals surface area contributed by atoms with Crippen molar-refractivity contribution in [1.82, 2.24) is 5.32 Å². The van der Waals surface area contributed by atoms with Crippen LogP contribution in [0, 0.1) is 6.92 Å². The lowest BCUT2D eigenvalue weighted by Crippen LogP contribution is -2.45. The van der Waals surface area contributed by atoms with E-state index >= 15 is 0 Å². The van der Waals surface area contributed by atoms with Gasteiger partial charge in [-0.2, -0.15) is 0 Å². The second-order valence-corrected chi connectivity index (χ2v) is 8.16. The molecule has 3 aromatic carbocycles. The second-order valence-electron chi connectivity index (χ2n) is 8.16. The Bertz CT molecular complexity index is 1080. The predicted octanol–water partition coefficient (Wildman–Crippen LogP) is 5.42. The molecule has 176 valence electrons. The zero-order valence-electron chi connectivity index (χ0n) is 19.5. The molecule has 0 saturated heterocycles. The summed E-state index contributed by atoms with van der Waals surface area (Å²) in [7, 11) is 0. The molecule has 6 heteroatoms. The molecule has 0 aliphatic carbocycles. The number of hydrogen-bond acceptors (Lipinski definition) is 3. The molecule has 0 aromatic heterocycles. The zero-order chi connectivity index (χ0) is 24.2. The normalized spacial score (nSPS) is 11.7. The van der Waals surface area contributed by atoms with Crippen molar-refractivity contribution in [2.24, 2.45) is 5.73 Å². The smallest absolute Gasteiger partial charge is 0.319 e. The number of nitrogens with two attached hydrogens (primary N) is 1. The van der Waals surface area contributed by atoms with Crippen molar-refractivity contribution in [3.8, 4) is 0 Å². The fourth-order valence-corrected chi connectivity index (χ4v) is 3.39. The van der Waals surface area contributed by atoms with Crippen molar-refractivity contribution in [2.45, 2.75) is 32.2 Å². The maximum Gasteiger partial charge on any atom is 0.319 e. The van der Waals surface area contributed by atoms with Gasteiger partial charge in [-0.05, 0) is 68.1 Å². The maximum atomic E-state index is 12.8. The highest BCUT2D eigenvalue weighted by atomic mass is 16.2. The molecule has 3 rings (SSSR count). The number of carbonyl (C=O) groups excluding carboxylic acids is 2. The van der Waals surface area contributed by atoms with Crippen molar-refractivity contribution in [3.63, 3.8) is 0 Å². The topological polar surface area (TPSA) is 96.2 Å². The van der Waals surface area contributed by atoms with E-state index in [0.29, 0.717) is 24.3 Å². The first kappa shape index (κ1) is 24.7. The van der Waals surface area contributed by atoms with Crippen LogP contribution in [0.5, 0.6) is 0 Å². The largest absolute Gasteiger partial charge is 0.330 e. The summed E-state index contributed by atoms with van der Waals surface area (Å²) in [6.45, 7) is 2.53. The molecule has 0 heterocycles. The van der Waals surface area contributed by atoms with Gasteiger partial charge in [-0.1, -0.05) is 72.3 Å². The molecule has 0 bridgehead atoms. The van der Waals surface area contributed by atoms with Crippen LogP contribution < -0.4 is 21.7 Å². The molecule has 0 aliphatic rings. The predicted molar refractivity (Wildman–Crippen MR) is 140 cm³/mol. The van der Waals surface area contributed by atoms with E-state index < -0.39 is 12.1 Å². The van der Waals surface area contributed by atoms with Crippen molar-refractivity contribution >= 4 is 35.5 Å². The molecular weight excluding hydrogens is 424 g/mol. The van der Waals surface area contributed by atoms with Crippen molar-refractivity contribution in [3.05, 3.63) is 95.6 Å². The van der Waals surface area contributed by atoms with Gasteiger partial charge in [-0.15, -0.1) is 0 Å². The number of amides is 3. The van der Waals surface area contributed by atoms with Gasteiger partial charge in [-0.3, -0.25) is 4.79 Å². The van der Waals surface area contributed by atoms with Gasteiger partial charge < -0.3 is 21.7 Å². The van der Waals surface area contributed by atoms with Crippen LogP contribution in [-0.4, -0.2) is 24.5 Å². The fourth-order valence-electron chi connectivity index (χ4n) is 3.39. The van der Waals surface area contributed by atoms with Crippen LogP contribution in [0.3, 0.4) is 0 Å². The van der Waals surface area contributed by atoms with E-state index in [-0.39, 0.29) is 5.91 Å². The van der Waals surface area contributed by atoms with Crippen LogP contribution in [0.4, 0.5) is 16.2 Å². The molecular formula is C28H32N4O2. The molecule has 3 aromatic rings. The lowest BCUT2D eigenvalue weighted by molar-refractivity contribution is -0.118. The number of hydrogen-bond donors (Lipinski definition) is 4. The van der Waals surface area contributed by atoms with Crippen molar-refractivity contribution in [2.75, 3.05) is 17.2 Å². The molecule has 5 N–H and O–H groups in total. The molecule has 0 unspecified atom stereocenters. The van der Waals surface area contributed by atoms with E-state index in [1.165, 1.54) is 0 Å². The SMILES string of the molecule is Cc1ccc(NC(=O)[C@H](CCCCN)NC(=O)Nc2ccc(C=Cc3ccccc3)cc2)cc1. The number of carbonyl (C=O) groups is 2. The molecule has 3 amide bonds. The number of anilines is 2. The van der Waals surface area contributed by atoms with Gasteiger partial charge in [-0.25, -0.2) is 4.79 Å². The third-order valence-electron chi connectivity index (χ3n) is 5.32. The summed E-state index contributed by atoms with van der Waals surface area (Å²) >= 11 is 0. The summed E-state index contributed by atoms with van der Waals surface area (Å²) in [6.07, 6.45) is 6.09. The molecule has 1 atom stereocenters. The van der Waals surface area contributed by atoms with Gasteiger partial charge >= 0.3 is 6.03 Å². The van der Waals surface area contributed by atoms with E-state index in [0.717, 1.165) is 29.5 Å². The van der Waals surface area contributed by atoms with Crippen LogP contribution in [0.1, 0.15) is 36.0 Å². The number of unbranched alkanes of at least 4 members (excludes halogenated alkanes) is 1. The first-order valence-corrected chi connectivity index (χ1v) is 11.5. The quantitative estimate of drug-likeness (QED) is 0.242. The zero-order valence-corrected chi connectivity index (χ0v) is 19.5. The average Bonchev–Trinajstić information content (AvgIpc) is 2.85. The third-order valence-corrected chi connectivity index (χ3v) is 5.32. The first-order valence-electron chi connectivity index (χ1n) is 11.5. The van der Waals surface area contributed by atoms with E-state index in [4.69, 9.17) is 5.73 Å². The summed E-state index contributed by atoms with van der Waals surface area (Å²) in [5.74, 6) is -0.252. The maximum absolute atomic E-state index is 12.8. The highest BCUT2D eigenvalue weighted by Gasteiger charge is 2.20. The van der Waals surface area contributed by atoms with Gasteiger partial charge in [0, 0.05) is 11.4 Å². The standard InChI is InChI=1S/C28H32N4O2/c1-21-10-16-24(17-11-21)30-27(33)26(9-5-6-20-29)32-28(34)31-25-18-14-23(15-19-25)13-12-22-7-3-2-4-8-22/h2-4,7-8,10-19,26H,5-6,9,20,29H2,1H3,(H,30,33)(H2,31,32,34)/t26-/m0/s1. The van der Waals surface area contributed by atoms with Gasteiger partial charge in [0.15, 0.2) is 0 Å². The van der Waals surface area contributed by atoms with Gasteiger partial charge in [0.1, 0.15) is 6.04 Å². The summed E-state index contributed by atoms with van der Waals surface area (Å²) in [6, 6.07) is 24.0. The van der Waals surface area contributed by atoms with Gasteiger partial charge in [0.05, 0.1) is 0 Å². The number of aryl methyl sites for hydroxylation is 1. The molecule has 34 heavy (non-hydrogen) atoms. The van der Waals surface area contributed by atoms with Crippen LogP contribution in [0.2, 0.25) is 0 Å². The minimum atomic E-state index is -0.666. The van der Waals surface area contributed by atoms with Gasteiger partial charge in [0.25, 0.3) is 0 Å². The molecule has 0 fully saturated rings. The van der Waals surface area contributed by atoms with Crippen molar-refractivity contribution in [1.29, 1.82) is 0 Å². The fraction of sp³-hybridized carbons (Fsp3) is 0.214. The highest BCUT2D eigenvalue weighted by Crippen LogP contribution is 2.14. The van der Waals surface area contributed by atoms with Crippen molar-refractivity contribution < 1.29 is 9.59 Å². The Balaban J connectivity index is 1.57. The molecule has 0 spiro atoms. The van der Waals surface area contributed by atoms with E-state index in [1.54, 1.807) is 0 Å². The Morgan fingerprint density at radius 1 is 0.794 bits per heavy atom. The number of rotatable bonds is 10. The van der Waals surface area contributed by atoms with Crippen LogP contribution in [-0.2, 0) is 4.79 Å². The van der Waals surface area contributed by atoms with E-state index in [1.807, 2.05) is 97.9 Å². The van der Waals surface area contributed by atoms with E-state index in [2.05, 4.69) is 16.0 Å². The number of benzene rings is 3. The van der Waals surface area contributed by atoms with Crippen LogP contribution in [0.15, 0.2) is 78.9 Å².